The molecule has 4 nitrogen and oxygen atoms in total. The first-order valence-electron chi connectivity index (χ1n) is 45.5. The van der Waals surface area contributed by atoms with E-state index in [0.717, 1.165) is 122 Å². The van der Waals surface area contributed by atoms with E-state index in [9.17, 15) is 13.7 Å². The molecule has 0 N–H and O–H groups in total. The number of para-hydroxylation sites is 6. The van der Waals surface area contributed by atoms with E-state index in [1.54, 1.807) is 30.3 Å². The molecule has 0 atom stereocenters. The molecule has 0 saturated heterocycles. The fourth-order valence-corrected chi connectivity index (χ4v) is 15.1. The molecule has 4 heteroatoms. The Balaban J connectivity index is 0.000000169. The summed E-state index contributed by atoms with van der Waals surface area (Å²) >= 11 is 0. The summed E-state index contributed by atoms with van der Waals surface area (Å²) in [5.41, 5.74) is 16.8. The first-order valence-corrected chi connectivity index (χ1v) is 37.0. The molecular weight excluding hydrogens is 1350 g/mol. The van der Waals surface area contributed by atoms with Crippen LogP contribution in [0.25, 0.3) is 144 Å². The summed E-state index contributed by atoms with van der Waals surface area (Å²) in [7, 11) is 0. The lowest BCUT2D eigenvalue weighted by Gasteiger charge is -2.28. The van der Waals surface area contributed by atoms with Crippen molar-refractivity contribution < 1.29 is 23.3 Å². The van der Waals surface area contributed by atoms with Gasteiger partial charge in [-0.25, -0.2) is 0 Å². The molecule has 20 rings (SSSR count). The van der Waals surface area contributed by atoms with Gasteiger partial charge in [0.05, 0.1) is 68.1 Å². The van der Waals surface area contributed by atoms with E-state index in [2.05, 4.69) is 106 Å². The van der Waals surface area contributed by atoms with Crippen LogP contribution >= 0.6 is 0 Å². The maximum atomic E-state index is 9.73. The fourth-order valence-electron chi connectivity index (χ4n) is 15.1. The molecule has 2 heterocycles. The number of aromatic nitrogens is 2. The van der Waals surface area contributed by atoms with Gasteiger partial charge >= 0.3 is 0 Å². The van der Waals surface area contributed by atoms with Crippen LogP contribution in [0.4, 0.5) is 34.1 Å². The Morgan fingerprint density at radius 2 is 0.509 bits per heavy atom. The summed E-state index contributed by atoms with van der Waals surface area (Å²) in [4.78, 5) is 3.05. The summed E-state index contributed by atoms with van der Waals surface area (Å²) in [5.74, 6) is 0. The monoisotopic (exact) mass is 1450 g/mol. The molecule has 0 aliphatic rings. The van der Waals surface area contributed by atoms with E-state index in [0.29, 0.717) is 11.1 Å². The molecular formula is C108H76N4. The smallest absolute Gasteiger partial charge is 0.0645 e. The summed E-state index contributed by atoms with van der Waals surface area (Å²) in [6.07, 6.45) is 0. The van der Waals surface area contributed by atoms with Crippen molar-refractivity contribution in [3.63, 3.8) is 0 Å². The van der Waals surface area contributed by atoms with Crippen molar-refractivity contribution in [2.24, 2.45) is 0 Å². The lowest BCUT2D eigenvalue weighted by atomic mass is 10.00. The molecule has 0 amide bonds. The number of anilines is 6. The maximum absolute atomic E-state index is 9.73. The van der Waals surface area contributed by atoms with Crippen molar-refractivity contribution in [2.75, 3.05) is 9.80 Å². The second-order valence-corrected chi connectivity index (χ2v) is 27.0. The standard InChI is InChI=1S/2C54H38N2/c2*1-4-16-39(17-5-1)40-28-33-45(34-29-40)55(51-25-13-10-22-47(51)42-18-6-2-7-19-42)46-35-30-41(31-36-46)44-32-37-54-50(38-44)49-24-12-15-27-53(49)56(54)52-26-14-11-23-48(52)43-20-8-3-9-21-43/h2*1-38H/i2D,6D,7D,10D,13D,18D,19D,22D,25D,30D,31D,35D,36D;30D,31D,35D,36D. The van der Waals surface area contributed by atoms with Gasteiger partial charge in [0.2, 0.25) is 0 Å². The molecule has 0 bridgehead atoms. The van der Waals surface area contributed by atoms with Crippen LogP contribution in [-0.4, -0.2) is 9.13 Å². The number of hydrogen-bond acceptors (Lipinski definition) is 2. The minimum atomic E-state index is -0.750. The van der Waals surface area contributed by atoms with Gasteiger partial charge < -0.3 is 18.9 Å². The molecule has 0 fully saturated rings. The molecule has 2 aromatic heterocycles. The highest BCUT2D eigenvalue weighted by molar-refractivity contribution is 6.12. The summed E-state index contributed by atoms with van der Waals surface area (Å²) in [6, 6.07) is 108. The van der Waals surface area contributed by atoms with Gasteiger partial charge in [0.1, 0.15) is 0 Å². The molecule has 0 spiro atoms. The highest BCUT2D eigenvalue weighted by Gasteiger charge is 2.23. The highest BCUT2D eigenvalue weighted by atomic mass is 15.2. The topological polar surface area (TPSA) is 16.3 Å². The Morgan fingerprint density at radius 1 is 0.179 bits per heavy atom. The van der Waals surface area contributed by atoms with E-state index < -0.39 is 101 Å². The third-order valence-corrected chi connectivity index (χ3v) is 20.4. The van der Waals surface area contributed by atoms with Crippen LogP contribution in [0.1, 0.15) is 23.3 Å². The molecule has 0 saturated carbocycles. The summed E-state index contributed by atoms with van der Waals surface area (Å²) < 4.78 is 161. The van der Waals surface area contributed by atoms with Crippen molar-refractivity contribution in [1.82, 2.24) is 9.13 Å². The SMILES string of the molecule is [2H]c1c([2H])c(N(c2ccc(-c3ccccc3)cc2)c2ccccc2-c2ccccc2)c([2H])c([2H])c1-c1ccc2c(c1)c1ccccc1n2-c1ccccc1-c1ccccc1.[2H]c1c([2H])c([2H])c(-c2c([2H])c([2H])c([2H])c([2H])c2N(c2ccc(-c3ccccc3)cc2)c2c([2H])c([2H])c(-c3ccc4c(c3)c3ccccc3n4-c3ccccc3-c3ccccc3)c([2H])c2[2H])c([2H])c1[2H]. The third-order valence-electron chi connectivity index (χ3n) is 20.4. The Hall–Kier alpha value is -14.8. The summed E-state index contributed by atoms with van der Waals surface area (Å²) in [6.45, 7) is 0. The van der Waals surface area contributed by atoms with Crippen LogP contribution in [-0.2, 0) is 0 Å². The lowest BCUT2D eigenvalue weighted by Crippen LogP contribution is -2.11. The first kappa shape index (κ1) is 51.4. The van der Waals surface area contributed by atoms with E-state index in [1.165, 1.54) is 4.90 Å². The second-order valence-electron chi connectivity index (χ2n) is 27.0. The Kier molecular flexibility index (Phi) is 14.0. The second kappa shape index (κ2) is 30.4. The van der Waals surface area contributed by atoms with Gasteiger partial charge in [0.25, 0.3) is 0 Å². The van der Waals surface area contributed by atoms with Crippen LogP contribution in [0.2, 0.25) is 0 Å². The van der Waals surface area contributed by atoms with Crippen molar-refractivity contribution in [2.45, 2.75) is 0 Å². The summed E-state index contributed by atoms with van der Waals surface area (Å²) in [5, 5.41) is 3.69. The zero-order chi connectivity index (χ0) is 89.3. The molecule has 528 valence electrons. The van der Waals surface area contributed by atoms with Gasteiger partial charge in [-0.3, -0.25) is 0 Å². The maximum Gasteiger partial charge on any atom is 0.0645 e. The third kappa shape index (κ3) is 13.2. The molecule has 20 aromatic rings. The van der Waals surface area contributed by atoms with E-state index >= 15 is 0 Å². The van der Waals surface area contributed by atoms with Crippen LogP contribution in [0.5, 0.6) is 0 Å². The Labute approximate surface area is 677 Å². The minimum Gasteiger partial charge on any atom is -0.310 e. The zero-order valence-electron chi connectivity index (χ0n) is 77.4. The van der Waals surface area contributed by atoms with Crippen LogP contribution < -0.4 is 9.80 Å². The van der Waals surface area contributed by atoms with Gasteiger partial charge in [0.15, 0.2) is 0 Å². The largest absolute Gasteiger partial charge is 0.310 e. The highest BCUT2D eigenvalue weighted by Crippen LogP contribution is 2.47. The zero-order valence-corrected chi connectivity index (χ0v) is 60.4. The van der Waals surface area contributed by atoms with Gasteiger partial charge in [-0.15, -0.1) is 0 Å². The van der Waals surface area contributed by atoms with Crippen molar-refractivity contribution in [1.29, 1.82) is 0 Å². The number of fused-ring (bicyclic) bond motifs is 6. The van der Waals surface area contributed by atoms with E-state index in [-0.39, 0.29) is 46.7 Å². The van der Waals surface area contributed by atoms with Gasteiger partial charge in [-0.2, -0.15) is 0 Å². The first-order chi connectivity index (χ1) is 62.7. The fraction of sp³-hybridized carbons (Fsp3) is 0. The Morgan fingerprint density at radius 3 is 0.964 bits per heavy atom. The predicted octanol–water partition coefficient (Wildman–Crippen LogP) is 29.8. The number of hydrogen-bond donors (Lipinski definition) is 0. The quantitative estimate of drug-likeness (QED) is 0.0959. The van der Waals surface area contributed by atoms with Crippen LogP contribution in [0.3, 0.4) is 0 Å². The van der Waals surface area contributed by atoms with E-state index in [1.807, 2.05) is 235 Å². The molecule has 18 aromatic carbocycles. The van der Waals surface area contributed by atoms with Gasteiger partial charge in [-0.1, -0.05) is 352 Å². The van der Waals surface area contributed by atoms with E-state index in [4.69, 9.17) is 9.60 Å². The normalized spacial score (nSPS) is 13.3. The minimum absolute atomic E-state index is 0.0163. The predicted molar refractivity (Wildman–Crippen MR) is 474 cm³/mol. The number of benzene rings is 18. The number of rotatable bonds is 16. The molecule has 112 heavy (non-hydrogen) atoms. The molecule has 0 aliphatic heterocycles. The van der Waals surface area contributed by atoms with Gasteiger partial charge in [0, 0.05) is 66.5 Å². The molecule has 0 aliphatic carbocycles. The molecule has 0 radical (unpaired) electrons. The average Bonchev–Trinajstić information content (AvgIpc) is 1.72. The van der Waals surface area contributed by atoms with Crippen molar-refractivity contribution in [3.8, 4) is 100 Å². The van der Waals surface area contributed by atoms with Crippen LogP contribution in [0, 0.1) is 0 Å². The Bertz CT molecular complexity index is 7720. The molecule has 0 unspecified atom stereocenters. The lowest BCUT2D eigenvalue weighted by molar-refractivity contribution is 1.18. The number of nitrogens with zero attached hydrogens (tertiary/aromatic N) is 4. The van der Waals surface area contributed by atoms with Crippen LogP contribution in [0.15, 0.2) is 461 Å². The van der Waals surface area contributed by atoms with Crippen molar-refractivity contribution in [3.05, 3.63) is 461 Å². The average molecular weight is 1450 g/mol. The van der Waals surface area contributed by atoms with Crippen molar-refractivity contribution >= 4 is 77.7 Å². The van der Waals surface area contributed by atoms with Gasteiger partial charge in [-0.05, 0) is 176 Å².